The van der Waals surface area contributed by atoms with Gasteiger partial charge >= 0.3 is 0 Å². The Bertz CT molecular complexity index is 264. The van der Waals surface area contributed by atoms with Crippen LogP contribution in [-0.4, -0.2) is 31.0 Å². The van der Waals surface area contributed by atoms with Gasteiger partial charge in [-0.15, -0.1) is 0 Å². The van der Waals surface area contributed by atoms with Crippen LogP contribution >= 0.6 is 0 Å². The molecule has 0 aliphatic heterocycles. The summed E-state index contributed by atoms with van der Waals surface area (Å²) < 4.78 is 5.33. The highest BCUT2D eigenvalue weighted by Gasteiger charge is 2.03. The van der Waals surface area contributed by atoms with Crippen LogP contribution in [0.5, 0.6) is 0 Å². The van der Waals surface area contributed by atoms with Crippen LogP contribution < -0.4 is 5.32 Å². The van der Waals surface area contributed by atoms with Crippen molar-refractivity contribution in [3.05, 3.63) is 30.3 Å². The first kappa shape index (κ1) is 13.0. The van der Waals surface area contributed by atoms with Gasteiger partial charge in [0.1, 0.15) is 0 Å². The maximum Gasteiger partial charge on any atom is 0.0945 e. The molecule has 0 radical (unpaired) electrons. The molecule has 1 aromatic carbocycles. The van der Waals surface area contributed by atoms with Crippen molar-refractivity contribution >= 4 is 5.69 Å². The van der Waals surface area contributed by atoms with Crippen molar-refractivity contribution in [1.29, 1.82) is 0 Å². The fourth-order valence-corrected chi connectivity index (χ4v) is 1.32. The van der Waals surface area contributed by atoms with E-state index in [1.807, 2.05) is 30.3 Å². The number of anilines is 1. The molecule has 90 valence electrons. The van der Waals surface area contributed by atoms with Crippen molar-refractivity contribution in [3.63, 3.8) is 0 Å². The Morgan fingerprint density at radius 1 is 1.31 bits per heavy atom. The highest BCUT2D eigenvalue weighted by molar-refractivity contribution is 5.42. The quantitative estimate of drug-likeness (QED) is 0.664. The van der Waals surface area contributed by atoms with Gasteiger partial charge in [0.2, 0.25) is 0 Å². The van der Waals surface area contributed by atoms with E-state index in [4.69, 9.17) is 4.74 Å². The normalized spacial score (nSPS) is 12.4. The molecule has 0 aliphatic carbocycles. The number of hydrogen-bond donors (Lipinski definition) is 2. The Morgan fingerprint density at radius 2 is 2.06 bits per heavy atom. The predicted molar refractivity (Wildman–Crippen MR) is 66.7 cm³/mol. The van der Waals surface area contributed by atoms with Crippen LogP contribution in [0.25, 0.3) is 0 Å². The topological polar surface area (TPSA) is 41.5 Å². The van der Waals surface area contributed by atoms with E-state index in [-0.39, 0.29) is 0 Å². The Kier molecular flexibility index (Phi) is 6.61. The molecule has 1 aromatic rings. The van der Waals surface area contributed by atoms with Crippen molar-refractivity contribution in [2.24, 2.45) is 0 Å². The van der Waals surface area contributed by atoms with Crippen LogP contribution in [0.4, 0.5) is 5.69 Å². The van der Waals surface area contributed by atoms with Gasteiger partial charge in [0, 0.05) is 18.8 Å². The zero-order valence-corrected chi connectivity index (χ0v) is 9.86. The van der Waals surface area contributed by atoms with Gasteiger partial charge in [0.25, 0.3) is 0 Å². The van der Waals surface area contributed by atoms with Gasteiger partial charge in [0.05, 0.1) is 12.7 Å². The van der Waals surface area contributed by atoms with Gasteiger partial charge in [-0.3, -0.25) is 0 Å². The second-order valence-electron chi connectivity index (χ2n) is 3.83. The van der Waals surface area contributed by atoms with Crippen LogP contribution in [0, 0.1) is 0 Å². The average molecular weight is 223 g/mol. The third-order valence-corrected chi connectivity index (χ3v) is 2.27. The molecule has 0 fully saturated rings. The zero-order chi connectivity index (χ0) is 11.6. The maximum atomic E-state index is 9.62. The molecule has 0 spiro atoms. The summed E-state index contributed by atoms with van der Waals surface area (Å²) in [5.74, 6) is 0. The molecule has 0 amide bonds. The van der Waals surface area contributed by atoms with Crippen LogP contribution in [0.3, 0.4) is 0 Å². The summed E-state index contributed by atoms with van der Waals surface area (Å²) in [7, 11) is 0. The summed E-state index contributed by atoms with van der Waals surface area (Å²) >= 11 is 0. The first-order chi connectivity index (χ1) is 7.83. The molecule has 0 saturated carbocycles. The first-order valence-corrected chi connectivity index (χ1v) is 5.87. The van der Waals surface area contributed by atoms with E-state index in [0.29, 0.717) is 13.2 Å². The van der Waals surface area contributed by atoms with Gasteiger partial charge < -0.3 is 15.2 Å². The van der Waals surface area contributed by atoms with Crippen molar-refractivity contribution in [2.45, 2.75) is 25.9 Å². The lowest BCUT2D eigenvalue weighted by Crippen LogP contribution is -2.25. The Labute approximate surface area is 97.4 Å². The molecule has 1 atom stereocenters. The molecule has 2 N–H and O–H groups in total. The number of rotatable bonds is 8. The second-order valence-corrected chi connectivity index (χ2v) is 3.83. The molecule has 0 aromatic heterocycles. The number of ether oxygens (including phenoxy) is 1. The fraction of sp³-hybridized carbons (Fsp3) is 0.538. The largest absolute Gasteiger partial charge is 0.389 e. The highest BCUT2D eigenvalue weighted by atomic mass is 16.5. The fourth-order valence-electron chi connectivity index (χ4n) is 1.32. The Balaban J connectivity index is 2.08. The van der Waals surface area contributed by atoms with Crippen LogP contribution in [-0.2, 0) is 4.74 Å². The van der Waals surface area contributed by atoms with Gasteiger partial charge in [-0.05, 0) is 18.6 Å². The lowest BCUT2D eigenvalue weighted by atomic mass is 10.3. The van der Waals surface area contributed by atoms with E-state index in [2.05, 4.69) is 12.2 Å². The summed E-state index contributed by atoms with van der Waals surface area (Å²) in [6, 6.07) is 9.85. The molecule has 1 unspecified atom stereocenters. The maximum absolute atomic E-state index is 9.62. The summed E-state index contributed by atoms with van der Waals surface area (Å²) in [6.07, 6.45) is 1.73. The summed E-state index contributed by atoms with van der Waals surface area (Å²) in [5.41, 5.74) is 1.02. The molecule has 0 heterocycles. The van der Waals surface area contributed by atoms with Crippen molar-refractivity contribution in [1.82, 2.24) is 0 Å². The van der Waals surface area contributed by atoms with E-state index >= 15 is 0 Å². The lowest BCUT2D eigenvalue weighted by molar-refractivity contribution is 0.0422. The van der Waals surface area contributed by atoms with Crippen LogP contribution in [0.15, 0.2) is 30.3 Å². The number of aliphatic hydroxyl groups excluding tert-OH is 1. The standard InChI is InChI=1S/C13H21NO2/c1-2-3-9-16-11-13(15)10-14-12-7-5-4-6-8-12/h4-8,13-15H,2-3,9-11H2,1H3. The first-order valence-electron chi connectivity index (χ1n) is 5.87. The Hall–Kier alpha value is -1.06. The minimum absolute atomic E-state index is 0.403. The summed E-state index contributed by atoms with van der Waals surface area (Å²) in [4.78, 5) is 0. The van der Waals surface area contributed by atoms with Gasteiger partial charge in [-0.2, -0.15) is 0 Å². The predicted octanol–water partition coefficient (Wildman–Crippen LogP) is 2.28. The summed E-state index contributed by atoms with van der Waals surface area (Å²) in [6.45, 7) is 3.78. The van der Waals surface area contributed by atoms with E-state index in [0.717, 1.165) is 25.1 Å². The average Bonchev–Trinajstić information content (AvgIpc) is 2.33. The third kappa shape index (κ3) is 5.73. The van der Waals surface area contributed by atoms with Crippen molar-refractivity contribution in [2.75, 3.05) is 25.1 Å². The molecule has 1 rings (SSSR count). The molecule has 0 saturated heterocycles. The summed E-state index contributed by atoms with van der Waals surface area (Å²) in [5, 5.41) is 12.8. The molecule has 3 heteroatoms. The minimum Gasteiger partial charge on any atom is -0.389 e. The number of benzene rings is 1. The van der Waals surface area contributed by atoms with E-state index in [1.165, 1.54) is 0 Å². The molecule has 3 nitrogen and oxygen atoms in total. The van der Waals surface area contributed by atoms with Crippen molar-refractivity contribution in [3.8, 4) is 0 Å². The number of nitrogens with one attached hydrogen (secondary N) is 1. The minimum atomic E-state index is -0.447. The van der Waals surface area contributed by atoms with E-state index < -0.39 is 6.10 Å². The highest BCUT2D eigenvalue weighted by Crippen LogP contribution is 2.04. The number of unbranched alkanes of at least 4 members (excludes halogenated alkanes) is 1. The number of para-hydroxylation sites is 1. The Morgan fingerprint density at radius 3 is 2.75 bits per heavy atom. The molecule has 0 bridgehead atoms. The second kappa shape index (κ2) is 8.13. The molecule has 0 aliphatic rings. The van der Waals surface area contributed by atoms with Crippen molar-refractivity contribution < 1.29 is 9.84 Å². The van der Waals surface area contributed by atoms with E-state index in [1.54, 1.807) is 0 Å². The van der Waals surface area contributed by atoms with Gasteiger partial charge in [-0.1, -0.05) is 31.5 Å². The monoisotopic (exact) mass is 223 g/mol. The molecular formula is C13H21NO2. The SMILES string of the molecule is CCCCOCC(O)CNc1ccccc1. The van der Waals surface area contributed by atoms with Gasteiger partial charge in [0.15, 0.2) is 0 Å². The van der Waals surface area contributed by atoms with E-state index in [9.17, 15) is 5.11 Å². The lowest BCUT2D eigenvalue weighted by Gasteiger charge is -2.13. The van der Waals surface area contributed by atoms with Gasteiger partial charge in [-0.25, -0.2) is 0 Å². The number of aliphatic hydroxyl groups is 1. The third-order valence-electron chi connectivity index (χ3n) is 2.27. The zero-order valence-electron chi connectivity index (χ0n) is 9.86. The smallest absolute Gasteiger partial charge is 0.0945 e. The molecule has 16 heavy (non-hydrogen) atoms. The number of hydrogen-bond acceptors (Lipinski definition) is 3. The molecular weight excluding hydrogens is 202 g/mol. The van der Waals surface area contributed by atoms with Crippen LogP contribution in [0.2, 0.25) is 0 Å². The van der Waals surface area contributed by atoms with Crippen LogP contribution in [0.1, 0.15) is 19.8 Å².